The highest BCUT2D eigenvalue weighted by Gasteiger charge is 2.27. The molecular weight excluding hydrogens is 414 g/mol. The van der Waals surface area contributed by atoms with Crippen molar-refractivity contribution in [1.29, 1.82) is 0 Å². The Kier molecular flexibility index (Phi) is 10.1. The van der Waals surface area contributed by atoms with E-state index in [-0.39, 0.29) is 30.8 Å². The van der Waals surface area contributed by atoms with Gasteiger partial charge in [0, 0.05) is 19.4 Å². The van der Waals surface area contributed by atoms with E-state index < -0.39 is 11.9 Å². The first-order chi connectivity index (χ1) is 15.3. The minimum atomic E-state index is -0.816. The van der Waals surface area contributed by atoms with Crippen molar-refractivity contribution in [2.45, 2.75) is 51.4 Å². The van der Waals surface area contributed by atoms with Gasteiger partial charge in [0.05, 0.1) is 12.5 Å². The summed E-state index contributed by atoms with van der Waals surface area (Å²) >= 11 is 0. The smallest absolute Gasteiger partial charge is 0.314 e. The predicted molar refractivity (Wildman–Crippen MR) is 118 cm³/mol. The summed E-state index contributed by atoms with van der Waals surface area (Å²) in [7, 11) is 0. The molecule has 1 aliphatic carbocycles. The van der Waals surface area contributed by atoms with Gasteiger partial charge in [-0.2, -0.15) is 0 Å². The molecule has 5 N–H and O–H groups in total. The maximum absolute atomic E-state index is 12.1. The molecule has 1 aromatic rings. The summed E-state index contributed by atoms with van der Waals surface area (Å²) in [5.41, 5.74) is 11.5. The van der Waals surface area contributed by atoms with Crippen LogP contribution in [-0.2, 0) is 25.6 Å². The van der Waals surface area contributed by atoms with E-state index in [4.69, 9.17) is 21.3 Å². The van der Waals surface area contributed by atoms with E-state index in [1.54, 1.807) is 24.3 Å². The Morgan fingerprint density at radius 2 is 1.75 bits per heavy atom. The highest BCUT2D eigenvalue weighted by Crippen LogP contribution is 2.29. The minimum absolute atomic E-state index is 0.0329. The normalized spacial score (nSPS) is 20.3. The van der Waals surface area contributed by atoms with E-state index in [0.717, 1.165) is 37.7 Å². The highest BCUT2D eigenvalue weighted by molar-refractivity contribution is 5.84. The number of hydrogen-bond donors (Lipinski definition) is 3. The maximum atomic E-state index is 12.1. The molecule has 9 heteroatoms. The molecule has 0 radical (unpaired) electrons. The molecule has 0 atom stereocenters. The number of aryl methyl sites for hydroxylation is 1. The quantitative estimate of drug-likeness (QED) is 0.403. The number of hydrogen-bond acceptors (Lipinski definition) is 6. The van der Waals surface area contributed by atoms with Crippen LogP contribution in [-0.4, -0.2) is 53.4 Å². The van der Waals surface area contributed by atoms with Crippen molar-refractivity contribution in [3.8, 4) is 5.75 Å². The molecule has 3 rings (SSSR count). The summed E-state index contributed by atoms with van der Waals surface area (Å²) in [4.78, 5) is 45.3. The number of nitrogens with zero attached hydrogens (tertiary/aromatic N) is 1. The first-order valence-corrected chi connectivity index (χ1v) is 11.1. The minimum Gasteiger partial charge on any atom is -0.481 e. The molecule has 176 valence electrons. The third-order valence-electron chi connectivity index (χ3n) is 5.80. The molecular formula is C23H33N3O6. The second kappa shape index (κ2) is 12.8. The maximum Gasteiger partial charge on any atom is 0.314 e. The SMILES string of the molecule is NC(=O)CN1CCCC1=O.NC[C@H]1CC[C@H](C(=O)Oc2ccc(CCC(=O)O)cc2)CC1. The van der Waals surface area contributed by atoms with Crippen LogP contribution >= 0.6 is 0 Å². The molecule has 2 aliphatic rings. The molecule has 0 unspecified atom stereocenters. The Bertz CT molecular complexity index is 787. The number of benzene rings is 1. The van der Waals surface area contributed by atoms with Gasteiger partial charge in [0.15, 0.2) is 0 Å². The van der Waals surface area contributed by atoms with E-state index in [9.17, 15) is 19.2 Å². The van der Waals surface area contributed by atoms with E-state index in [1.807, 2.05) is 0 Å². The molecule has 2 fully saturated rings. The number of carbonyl (C=O) groups is 4. The number of likely N-dealkylation sites (tertiary alicyclic amines) is 1. The third-order valence-corrected chi connectivity index (χ3v) is 5.80. The van der Waals surface area contributed by atoms with Crippen molar-refractivity contribution in [3.05, 3.63) is 29.8 Å². The zero-order valence-electron chi connectivity index (χ0n) is 18.3. The van der Waals surface area contributed by atoms with Gasteiger partial charge in [0.1, 0.15) is 5.75 Å². The number of ether oxygens (including phenoxy) is 1. The van der Waals surface area contributed by atoms with Gasteiger partial charge in [0.2, 0.25) is 11.8 Å². The van der Waals surface area contributed by atoms with Crippen LogP contribution in [0.1, 0.15) is 50.5 Å². The lowest BCUT2D eigenvalue weighted by Gasteiger charge is -2.26. The van der Waals surface area contributed by atoms with Gasteiger partial charge in [-0.15, -0.1) is 0 Å². The van der Waals surface area contributed by atoms with Crippen LogP contribution in [0.4, 0.5) is 0 Å². The molecule has 1 aliphatic heterocycles. The molecule has 32 heavy (non-hydrogen) atoms. The summed E-state index contributed by atoms with van der Waals surface area (Å²) in [5, 5.41) is 8.65. The lowest BCUT2D eigenvalue weighted by atomic mass is 9.82. The van der Waals surface area contributed by atoms with Crippen LogP contribution in [0.15, 0.2) is 24.3 Å². The van der Waals surface area contributed by atoms with Crippen LogP contribution in [0.3, 0.4) is 0 Å². The van der Waals surface area contributed by atoms with Crippen molar-refractivity contribution in [2.24, 2.45) is 23.3 Å². The van der Waals surface area contributed by atoms with Crippen molar-refractivity contribution < 1.29 is 29.0 Å². The Labute approximate surface area is 188 Å². The molecule has 0 bridgehead atoms. The standard InChI is InChI=1S/C17H23NO4.C6H10N2O2/c18-11-13-1-6-14(7-2-13)17(21)22-15-8-3-12(4-9-15)5-10-16(19)20;7-5(9)4-8-3-1-2-6(8)10/h3-4,8-9,13-14H,1-2,5-7,10-11,18H2,(H,19,20);1-4H2,(H2,7,9)/t13-,14-;. The number of amides is 2. The van der Waals surface area contributed by atoms with Crippen LogP contribution in [0.2, 0.25) is 0 Å². The zero-order chi connectivity index (χ0) is 23.5. The first kappa shape index (κ1) is 25.3. The Morgan fingerprint density at radius 3 is 2.25 bits per heavy atom. The number of rotatable bonds is 8. The molecule has 9 nitrogen and oxygen atoms in total. The van der Waals surface area contributed by atoms with E-state index in [2.05, 4.69) is 0 Å². The summed E-state index contributed by atoms with van der Waals surface area (Å²) in [6.45, 7) is 1.46. The van der Waals surface area contributed by atoms with Crippen LogP contribution in [0.25, 0.3) is 0 Å². The molecule has 1 aromatic carbocycles. The lowest BCUT2D eigenvalue weighted by Crippen LogP contribution is -2.34. The number of nitrogens with two attached hydrogens (primary N) is 2. The van der Waals surface area contributed by atoms with E-state index in [0.29, 0.717) is 37.6 Å². The van der Waals surface area contributed by atoms with Crippen molar-refractivity contribution in [2.75, 3.05) is 19.6 Å². The second-order valence-corrected chi connectivity index (χ2v) is 8.30. The number of esters is 1. The molecule has 1 heterocycles. The van der Waals surface area contributed by atoms with Crippen molar-refractivity contribution in [1.82, 2.24) is 4.90 Å². The van der Waals surface area contributed by atoms with Crippen LogP contribution in [0, 0.1) is 11.8 Å². The van der Waals surface area contributed by atoms with Crippen molar-refractivity contribution >= 4 is 23.8 Å². The predicted octanol–water partition coefficient (Wildman–Crippen LogP) is 1.47. The van der Waals surface area contributed by atoms with E-state index >= 15 is 0 Å². The zero-order valence-corrected chi connectivity index (χ0v) is 18.3. The number of carboxylic acids is 1. The average Bonchev–Trinajstić information content (AvgIpc) is 3.17. The van der Waals surface area contributed by atoms with Gasteiger partial charge in [0.25, 0.3) is 0 Å². The van der Waals surface area contributed by atoms with Gasteiger partial charge < -0.3 is 26.2 Å². The Hall–Kier alpha value is -2.94. The van der Waals surface area contributed by atoms with Gasteiger partial charge in [-0.1, -0.05) is 12.1 Å². The van der Waals surface area contributed by atoms with Crippen LogP contribution in [0.5, 0.6) is 5.75 Å². The summed E-state index contributed by atoms with van der Waals surface area (Å²) < 4.78 is 5.42. The topological polar surface area (TPSA) is 153 Å². The fraction of sp³-hybridized carbons (Fsp3) is 0.565. The summed E-state index contributed by atoms with van der Waals surface area (Å²) in [5.74, 6) is -0.358. The molecule has 2 amide bonds. The number of primary amides is 1. The lowest BCUT2D eigenvalue weighted by molar-refractivity contribution is -0.140. The fourth-order valence-corrected chi connectivity index (χ4v) is 3.87. The number of aliphatic carboxylic acids is 1. The van der Waals surface area contributed by atoms with Crippen molar-refractivity contribution in [3.63, 3.8) is 0 Å². The van der Waals surface area contributed by atoms with Gasteiger partial charge in [-0.3, -0.25) is 19.2 Å². The highest BCUT2D eigenvalue weighted by atomic mass is 16.5. The fourth-order valence-electron chi connectivity index (χ4n) is 3.87. The monoisotopic (exact) mass is 447 g/mol. The van der Waals surface area contributed by atoms with Gasteiger partial charge >= 0.3 is 11.9 Å². The molecule has 0 spiro atoms. The number of carboxylic acid groups (broad SMARTS) is 1. The van der Waals surface area contributed by atoms with Crippen LogP contribution < -0.4 is 16.2 Å². The Morgan fingerprint density at radius 1 is 1.09 bits per heavy atom. The van der Waals surface area contributed by atoms with E-state index in [1.165, 1.54) is 4.90 Å². The second-order valence-electron chi connectivity index (χ2n) is 8.30. The molecule has 1 saturated heterocycles. The third kappa shape index (κ3) is 8.66. The Balaban J connectivity index is 0.000000303. The summed E-state index contributed by atoms with van der Waals surface area (Å²) in [6, 6.07) is 7.05. The first-order valence-electron chi connectivity index (χ1n) is 11.1. The molecule has 0 aromatic heterocycles. The summed E-state index contributed by atoms with van der Waals surface area (Å²) in [6.07, 6.45) is 5.67. The van der Waals surface area contributed by atoms with Gasteiger partial charge in [-0.05, 0) is 68.7 Å². The molecule has 1 saturated carbocycles. The largest absolute Gasteiger partial charge is 0.481 e. The number of carbonyl (C=O) groups excluding carboxylic acids is 3. The van der Waals surface area contributed by atoms with Gasteiger partial charge in [-0.25, -0.2) is 0 Å². The average molecular weight is 448 g/mol.